The van der Waals surface area contributed by atoms with Crippen molar-refractivity contribution in [3.8, 4) is 0 Å². The molecule has 1 heterocycles. The highest BCUT2D eigenvalue weighted by Gasteiger charge is 2.05. The predicted molar refractivity (Wildman–Crippen MR) is 72.7 cm³/mol. The summed E-state index contributed by atoms with van der Waals surface area (Å²) in [6.07, 6.45) is 1.63. The van der Waals surface area contributed by atoms with Crippen molar-refractivity contribution >= 4 is 35.0 Å². The first-order valence-corrected chi connectivity index (χ1v) is 6.54. The molecule has 0 bridgehead atoms. The Labute approximate surface area is 114 Å². The maximum absolute atomic E-state index is 5.92. The molecule has 0 radical (unpaired) electrons. The van der Waals surface area contributed by atoms with Crippen LogP contribution in [0.4, 0.5) is 0 Å². The molecule has 0 saturated carbocycles. The van der Waals surface area contributed by atoms with Gasteiger partial charge in [0.25, 0.3) is 0 Å². The Morgan fingerprint density at radius 1 is 1.12 bits per heavy atom. The van der Waals surface area contributed by atoms with E-state index in [0.717, 1.165) is 15.5 Å². The lowest BCUT2D eigenvalue weighted by Crippen LogP contribution is -1.98. The number of nitrogens with two attached hydrogens (primary N) is 1. The van der Waals surface area contributed by atoms with Gasteiger partial charge in [0, 0.05) is 22.7 Å². The zero-order chi connectivity index (χ0) is 12.3. The molecule has 0 aliphatic heterocycles. The second kappa shape index (κ2) is 5.74. The van der Waals surface area contributed by atoms with Crippen LogP contribution in [0.1, 0.15) is 5.56 Å². The summed E-state index contributed by atoms with van der Waals surface area (Å²) in [5.41, 5.74) is 6.70. The van der Waals surface area contributed by atoms with Gasteiger partial charge in [0.1, 0.15) is 5.03 Å². The minimum absolute atomic E-state index is 0.455. The topological polar surface area (TPSA) is 38.9 Å². The van der Waals surface area contributed by atoms with Gasteiger partial charge in [-0.3, -0.25) is 0 Å². The number of benzene rings is 1. The van der Waals surface area contributed by atoms with Crippen molar-refractivity contribution in [1.82, 2.24) is 4.98 Å². The number of hydrogen-bond acceptors (Lipinski definition) is 3. The highest BCUT2D eigenvalue weighted by molar-refractivity contribution is 7.99. The molecule has 0 unspecified atom stereocenters. The van der Waals surface area contributed by atoms with E-state index >= 15 is 0 Å². The van der Waals surface area contributed by atoms with E-state index in [1.54, 1.807) is 18.0 Å². The fourth-order valence-corrected chi connectivity index (χ4v) is 2.53. The van der Waals surface area contributed by atoms with E-state index in [-0.39, 0.29) is 0 Å². The Morgan fingerprint density at radius 2 is 1.88 bits per heavy atom. The third-order valence-electron chi connectivity index (χ3n) is 2.16. The lowest BCUT2D eigenvalue weighted by atomic mass is 10.2. The molecule has 1 aromatic carbocycles. The zero-order valence-electron chi connectivity index (χ0n) is 8.86. The molecule has 2 N–H and O–H groups in total. The molecular formula is C12H10Cl2N2S. The van der Waals surface area contributed by atoms with E-state index < -0.39 is 0 Å². The number of rotatable bonds is 3. The van der Waals surface area contributed by atoms with Gasteiger partial charge in [0.2, 0.25) is 0 Å². The molecule has 0 atom stereocenters. The minimum atomic E-state index is 0.455. The van der Waals surface area contributed by atoms with Crippen LogP contribution in [-0.4, -0.2) is 4.98 Å². The Morgan fingerprint density at radius 3 is 2.53 bits per heavy atom. The SMILES string of the molecule is NCc1cc(Cl)ccc1Sc1ccc(Cl)cn1. The van der Waals surface area contributed by atoms with Crippen LogP contribution in [0.15, 0.2) is 46.5 Å². The first kappa shape index (κ1) is 12.7. The number of aromatic nitrogens is 1. The molecular weight excluding hydrogens is 275 g/mol. The van der Waals surface area contributed by atoms with Crippen LogP contribution in [0.25, 0.3) is 0 Å². The van der Waals surface area contributed by atoms with Gasteiger partial charge in [0.05, 0.1) is 5.02 Å². The second-order valence-corrected chi connectivity index (χ2v) is 5.31. The maximum Gasteiger partial charge on any atom is 0.101 e. The molecule has 0 amide bonds. The van der Waals surface area contributed by atoms with E-state index in [1.807, 2.05) is 30.3 Å². The Kier molecular flexibility index (Phi) is 4.29. The molecule has 0 aliphatic rings. The first-order valence-electron chi connectivity index (χ1n) is 4.97. The molecule has 5 heteroatoms. The van der Waals surface area contributed by atoms with E-state index in [0.29, 0.717) is 16.6 Å². The highest BCUT2D eigenvalue weighted by Crippen LogP contribution is 2.31. The van der Waals surface area contributed by atoms with E-state index in [4.69, 9.17) is 28.9 Å². The van der Waals surface area contributed by atoms with Gasteiger partial charge in [0.15, 0.2) is 0 Å². The molecule has 0 spiro atoms. The van der Waals surface area contributed by atoms with Crippen molar-refractivity contribution in [2.24, 2.45) is 5.73 Å². The van der Waals surface area contributed by atoms with Gasteiger partial charge in [-0.15, -0.1) is 0 Å². The van der Waals surface area contributed by atoms with Crippen LogP contribution in [0.2, 0.25) is 10.0 Å². The number of nitrogens with zero attached hydrogens (tertiary/aromatic N) is 1. The lowest BCUT2D eigenvalue weighted by Gasteiger charge is -2.07. The monoisotopic (exact) mass is 284 g/mol. The van der Waals surface area contributed by atoms with Gasteiger partial charge in [-0.2, -0.15) is 0 Å². The summed E-state index contributed by atoms with van der Waals surface area (Å²) in [6.45, 7) is 0.455. The summed E-state index contributed by atoms with van der Waals surface area (Å²) in [7, 11) is 0. The van der Waals surface area contributed by atoms with Gasteiger partial charge < -0.3 is 5.73 Å². The van der Waals surface area contributed by atoms with Crippen LogP contribution >= 0.6 is 35.0 Å². The van der Waals surface area contributed by atoms with Gasteiger partial charge in [-0.1, -0.05) is 35.0 Å². The highest BCUT2D eigenvalue weighted by atomic mass is 35.5. The van der Waals surface area contributed by atoms with Crippen LogP contribution in [0, 0.1) is 0 Å². The average molecular weight is 285 g/mol. The normalized spacial score (nSPS) is 10.5. The Hall–Kier alpha value is -0.740. The lowest BCUT2D eigenvalue weighted by molar-refractivity contribution is 1.02. The number of halogens is 2. The van der Waals surface area contributed by atoms with Crippen molar-refractivity contribution < 1.29 is 0 Å². The standard InChI is InChI=1S/C12H10Cl2N2S/c13-9-1-3-11(8(5-9)6-15)17-12-4-2-10(14)7-16-12/h1-5,7H,6,15H2. The minimum Gasteiger partial charge on any atom is -0.326 e. The largest absolute Gasteiger partial charge is 0.326 e. The molecule has 0 saturated heterocycles. The molecule has 88 valence electrons. The van der Waals surface area contributed by atoms with E-state index in [9.17, 15) is 0 Å². The molecule has 1 aromatic heterocycles. The van der Waals surface area contributed by atoms with E-state index in [1.165, 1.54) is 0 Å². The summed E-state index contributed by atoms with van der Waals surface area (Å²) in [6, 6.07) is 9.36. The quantitative estimate of drug-likeness (QED) is 0.926. The summed E-state index contributed by atoms with van der Waals surface area (Å²) >= 11 is 13.3. The van der Waals surface area contributed by atoms with Crippen LogP contribution in [-0.2, 0) is 6.54 Å². The predicted octanol–water partition coefficient (Wildman–Crippen LogP) is 4.00. The third-order valence-corrected chi connectivity index (χ3v) is 3.68. The molecule has 2 rings (SSSR count). The van der Waals surface area contributed by atoms with Crippen molar-refractivity contribution in [3.05, 3.63) is 52.1 Å². The zero-order valence-corrected chi connectivity index (χ0v) is 11.2. The average Bonchev–Trinajstić information content (AvgIpc) is 2.34. The summed E-state index contributed by atoms with van der Waals surface area (Å²) in [5.74, 6) is 0. The Balaban J connectivity index is 2.26. The molecule has 17 heavy (non-hydrogen) atoms. The molecule has 0 aliphatic carbocycles. The third kappa shape index (κ3) is 3.36. The summed E-state index contributed by atoms with van der Waals surface area (Å²) in [4.78, 5) is 5.29. The van der Waals surface area contributed by atoms with Gasteiger partial charge in [-0.25, -0.2) is 4.98 Å². The molecule has 2 nitrogen and oxygen atoms in total. The second-order valence-electron chi connectivity index (χ2n) is 3.37. The molecule has 0 fully saturated rings. The fourth-order valence-electron chi connectivity index (χ4n) is 1.34. The fraction of sp³-hybridized carbons (Fsp3) is 0.0833. The smallest absolute Gasteiger partial charge is 0.101 e. The summed E-state index contributed by atoms with van der Waals surface area (Å²) in [5, 5.41) is 2.20. The summed E-state index contributed by atoms with van der Waals surface area (Å²) < 4.78 is 0. The Bertz CT molecular complexity index is 514. The molecule has 2 aromatic rings. The van der Waals surface area contributed by atoms with Crippen LogP contribution < -0.4 is 5.73 Å². The van der Waals surface area contributed by atoms with Crippen molar-refractivity contribution in [3.63, 3.8) is 0 Å². The van der Waals surface area contributed by atoms with Gasteiger partial charge in [-0.05, 0) is 35.9 Å². The maximum atomic E-state index is 5.92. The number of hydrogen-bond donors (Lipinski definition) is 1. The van der Waals surface area contributed by atoms with Gasteiger partial charge >= 0.3 is 0 Å². The van der Waals surface area contributed by atoms with Crippen LogP contribution in [0.3, 0.4) is 0 Å². The van der Waals surface area contributed by atoms with Crippen molar-refractivity contribution in [2.45, 2.75) is 16.5 Å². The number of pyridine rings is 1. The van der Waals surface area contributed by atoms with Crippen molar-refractivity contribution in [2.75, 3.05) is 0 Å². The first-order chi connectivity index (χ1) is 8.19. The van der Waals surface area contributed by atoms with E-state index in [2.05, 4.69) is 4.98 Å². The van der Waals surface area contributed by atoms with Crippen molar-refractivity contribution in [1.29, 1.82) is 0 Å². The van der Waals surface area contributed by atoms with Crippen LogP contribution in [0.5, 0.6) is 0 Å².